The lowest BCUT2D eigenvalue weighted by Crippen LogP contribution is -2.44. The van der Waals surface area contributed by atoms with Gasteiger partial charge in [0.25, 0.3) is 0 Å². The van der Waals surface area contributed by atoms with E-state index >= 15 is 0 Å². The SMILES string of the molecule is CCC(C)N(C)CCNC(=O)NCC(CC(=O)O)OC. The molecule has 0 aliphatic heterocycles. The number of hydrogen-bond donors (Lipinski definition) is 3. The zero-order valence-corrected chi connectivity index (χ0v) is 12.8. The molecule has 2 unspecified atom stereocenters. The fourth-order valence-electron chi connectivity index (χ4n) is 1.58. The molecule has 0 aliphatic rings. The van der Waals surface area contributed by atoms with Crippen LogP contribution in [0.15, 0.2) is 0 Å². The standard InChI is InChI=1S/C13H27N3O4/c1-5-10(2)16(3)7-6-14-13(19)15-9-11(20-4)8-12(17)18/h10-11H,5-9H2,1-4H3,(H,17,18)(H2,14,15,19). The summed E-state index contributed by atoms with van der Waals surface area (Å²) in [5, 5.41) is 14.0. The molecule has 0 aromatic rings. The number of urea groups is 1. The highest BCUT2D eigenvalue weighted by atomic mass is 16.5. The van der Waals surface area contributed by atoms with E-state index < -0.39 is 12.1 Å². The van der Waals surface area contributed by atoms with Crippen molar-refractivity contribution in [2.75, 3.05) is 33.8 Å². The molecule has 0 aromatic carbocycles. The molecule has 20 heavy (non-hydrogen) atoms. The summed E-state index contributed by atoms with van der Waals surface area (Å²) in [5.41, 5.74) is 0. The van der Waals surface area contributed by atoms with Crippen LogP contribution in [0.4, 0.5) is 4.79 Å². The van der Waals surface area contributed by atoms with Crippen LogP contribution in [0.1, 0.15) is 26.7 Å². The Labute approximate surface area is 120 Å². The number of amides is 2. The quantitative estimate of drug-likeness (QED) is 0.545. The summed E-state index contributed by atoms with van der Waals surface area (Å²) >= 11 is 0. The van der Waals surface area contributed by atoms with Crippen molar-refractivity contribution >= 4 is 12.0 Å². The van der Waals surface area contributed by atoms with E-state index in [2.05, 4.69) is 29.4 Å². The highest BCUT2D eigenvalue weighted by Gasteiger charge is 2.13. The molecule has 2 atom stereocenters. The lowest BCUT2D eigenvalue weighted by molar-refractivity contribution is -0.139. The summed E-state index contributed by atoms with van der Waals surface area (Å²) < 4.78 is 4.97. The molecule has 0 rings (SSSR count). The minimum Gasteiger partial charge on any atom is -0.481 e. The van der Waals surface area contributed by atoms with Crippen LogP contribution in [0.2, 0.25) is 0 Å². The molecule has 0 aliphatic carbocycles. The Morgan fingerprint density at radius 1 is 1.35 bits per heavy atom. The number of carboxylic acid groups (broad SMARTS) is 1. The van der Waals surface area contributed by atoms with Crippen molar-refractivity contribution in [2.45, 2.75) is 38.8 Å². The van der Waals surface area contributed by atoms with Crippen molar-refractivity contribution in [1.29, 1.82) is 0 Å². The topological polar surface area (TPSA) is 90.9 Å². The van der Waals surface area contributed by atoms with E-state index in [4.69, 9.17) is 9.84 Å². The Hall–Kier alpha value is -1.34. The van der Waals surface area contributed by atoms with E-state index in [-0.39, 0.29) is 19.0 Å². The van der Waals surface area contributed by atoms with E-state index in [9.17, 15) is 9.59 Å². The van der Waals surface area contributed by atoms with Gasteiger partial charge in [-0.15, -0.1) is 0 Å². The Bertz CT molecular complexity index is 299. The first-order chi connectivity index (χ1) is 9.40. The molecule has 0 saturated carbocycles. The van der Waals surface area contributed by atoms with Crippen LogP contribution in [0, 0.1) is 0 Å². The summed E-state index contributed by atoms with van der Waals surface area (Å²) in [5.74, 6) is -0.950. The molecule has 0 saturated heterocycles. The number of ether oxygens (including phenoxy) is 1. The number of methoxy groups -OCH3 is 1. The second kappa shape index (κ2) is 10.4. The molecule has 0 radical (unpaired) electrons. The third-order valence-corrected chi connectivity index (χ3v) is 3.32. The summed E-state index contributed by atoms with van der Waals surface area (Å²) in [6, 6.07) is 0.170. The van der Waals surface area contributed by atoms with Gasteiger partial charge < -0.3 is 25.4 Å². The minimum absolute atomic E-state index is 0.131. The molecular weight excluding hydrogens is 262 g/mol. The predicted molar refractivity (Wildman–Crippen MR) is 76.8 cm³/mol. The molecule has 7 nitrogen and oxygen atoms in total. The van der Waals surface area contributed by atoms with Crippen LogP contribution in [0.3, 0.4) is 0 Å². The second-order valence-corrected chi connectivity index (χ2v) is 4.83. The third-order valence-electron chi connectivity index (χ3n) is 3.32. The minimum atomic E-state index is -0.950. The lowest BCUT2D eigenvalue weighted by Gasteiger charge is -2.23. The van der Waals surface area contributed by atoms with E-state index in [1.54, 1.807) is 0 Å². The van der Waals surface area contributed by atoms with Crippen LogP contribution in [-0.2, 0) is 9.53 Å². The van der Waals surface area contributed by atoms with E-state index in [0.717, 1.165) is 13.0 Å². The fraction of sp³-hybridized carbons (Fsp3) is 0.846. The van der Waals surface area contributed by atoms with Crippen molar-refractivity contribution in [3.63, 3.8) is 0 Å². The highest BCUT2D eigenvalue weighted by molar-refractivity contribution is 5.74. The molecule has 0 bridgehead atoms. The van der Waals surface area contributed by atoms with Crippen molar-refractivity contribution in [3.8, 4) is 0 Å². The van der Waals surface area contributed by atoms with Crippen molar-refractivity contribution in [1.82, 2.24) is 15.5 Å². The molecule has 118 valence electrons. The number of carbonyl (C=O) groups is 2. The van der Waals surface area contributed by atoms with Gasteiger partial charge in [-0.2, -0.15) is 0 Å². The fourth-order valence-corrected chi connectivity index (χ4v) is 1.58. The van der Waals surface area contributed by atoms with Crippen LogP contribution >= 0.6 is 0 Å². The maximum Gasteiger partial charge on any atom is 0.314 e. The van der Waals surface area contributed by atoms with Gasteiger partial charge in [0.2, 0.25) is 0 Å². The first-order valence-electron chi connectivity index (χ1n) is 6.87. The van der Waals surface area contributed by atoms with Crippen LogP contribution in [0.5, 0.6) is 0 Å². The molecule has 2 amide bonds. The third kappa shape index (κ3) is 8.71. The van der Waals surface area contributed by atoms with Crippen LogP contribution in [0.25, 0.3) is 0 Å². The maximum absolute atomic E-state index is 11.5. The van der Waals surface area contributed by atoms with E-state index in [0.29, 0.717) is 12.6 Å². The summed E-state index contributed by atoms with van der Waals surface area (Å²) in [6.07, 6.45) is 0.419. The molecular formula is C13H27N3O4. The summed E-state index contributed by atoms with van der Waals surface area (Å²) in [4.78, 5) is 24.2. The van der Waals surface area contributed by atoms with Gasteiger partial charge in [0.1, 0.15) is 0 Å². The Morgan fingerprint density at radius 2 is 2.00 bits per heavy atom. The molecule has 7 heteroatoms. The summed E-state index contributed by atoms with van der Waals surface area (Å²) in [7, 11) is 3.44. The van der Waals surface area contributed by atoms with E-state index in [1.807, 2.05) is 7.05 Å². The number of likely N-dealkylation sites (N-methyl/N-ethyl adjacent to an activating group) is 1. The first kappa shape index (κ1) is 18.7. The number of aliphatic carboxylic acids is 1. The van der Waals surface area contributed by atoms with Crippen molar-refractivity contribution < 1.29 is 19.4 Å². The summed E-state index contributed by atoms with van der Waals surface area (Å²) in [6.45, 7) is 5.74. The van der Waals surface area contributed by atoms with Gasteiger partial charge in [-0.25, -0.2) is 4.79 Å². The van der Waals surface area contributed by atoms with Gasteiger partial charge in [-0.3, -0.25) is 4.79 Å². The van der Waals surface area contributed by atoms with Gasteiger partial charge in [-0.1, -0.05) is 6.92 Å². The average molecular weight is 289 g/mol. The number of carboxylic acids is 1. The Kier molecular flexibility index (Phi) is 9.75. The largest absolute Gasteiger partial charge is 0.481 e. The zero-order valence-electron chi connectivity index (χ0n) is 12.8. The number of rotatable bonds is 10. The predicted octanol–water partition coefficient (Wildman–Crippen LogP) is 0.506. The number of carbonyl (C=O) groups excluding carboxylic acids is 1. The molecule has 0 spiro atoms. The highest BCUT2D eigenvalue weighted by Crippen LogP contribution is 1.98. The number of nitrogens with zero attached hydrogens (tertiary/aromatic N) is 1. The Morgan fingerprint density at radius 3 is 2.50 bits per heavy atom. The lowest BCUT2D eigenvalue weighted by atomic mass is 10.2. The van der Waals surface area contributed by atoms with Crippen molar-refractivity contribution in [2.24, 2.45) is 0 Å². The molecule has 0 heterocycles. The first-order valence-corrected chi connectivity index (χ1v) is 6.87. The van der Waals surface area contributed by atoms with Crippen molar-refractivity contribution in [3.05, 3.63) is 0 Å². The van der Waals surface area contributed by atoms with Crippen LogP contribution in [-0.4, -0.2) is 67.9 Å². The second-order valence-electron chi connectivity index (χ2n) is 4.83. The number of hydrogen-bond acceptors (Lipinski definition) is 4. The van der Waals surface area contributed by atoms with Gasteiger partial charge in [-0.05, 0) is 20.4 Å². The molecule has 3 N–H and O–H groups in total. The van der Waals surface area contributed by atoms with Gasteiger partial charge in [0.05, 0.1) is 12.5 Å². The van der Waals surface area contributed by atoms with Gasteiger partial charge in [0.15, 0.2) is 0 Å². The smallest absolute Gasteiger partial charge is 0.314 e. The monoisotopic (exact) mass is 289 g/mol. The zero-order chi connectivity index (χ0) is 15.5. The van der Waals surface area contributed by atoms with Gasteiger partial charge in [0, 0.05) is 32.8 Å². The van der Waals surface area contributed by atoms with Gasteiger partial charge >= 0.3 is 12.0 Å². The molecule has 0 aromatic heterocycles. The number of nitrogens with one attached hydrogen (secondary N) is 2. The van der Waals surface area contributed by atoms with Crippen LogP contribution < -0.4 is 10.6 Å². The Balaban J connectivity index is 3.80. The maximum atomic E-state index is 11.5. The molecule has 0 fully saturated rings. The van der Waals surface area contributed by atoms with E-state index in [1.165, 1.54) is 7.11 Å². The average Bonchev–Trinajstić information content (AvgIpc) is 2.41. The normalized spacial score (nSPS) is 13.8.